The van der Waals surface area contributed by atoms with Crippen LogP contribution >= 0.6 is 0 Å². The molecule has 0 radical (unpaired) electrons. The maximum absolute atomic E-state index is 13.8. The molecule has 1 aliphatic heterocycles. The second-order valence-corrected chi connectivity index (χ2v) is 11.2. The Kier molecular flexibility index (Phi) is 7.86. The number of hydrogen-bond donors (Lipinski definition) is 3. The Morgan fingerprint density at radius 2 is 1.58 bits per heavy atom. The van der Waals surface area contributed by atoms with E-state index in [9.17, 15) is 22.4 Å². The van der Waals surface area contributed by atoms with E-state index in [0.717, 1.165) is 12.3 Å². The van der Waals surface area contributed by atoms with Gasteiger partial charge in [0.15, 0.2) is 9.84 Å². The van der Waals surface area contributed by atoms with Crippen molar-refractivity contribution in [1.29, 1.82) is 0 Å². The van der Waals surface area contributed by atoms with Crippen LogP contribution in [0.2, 0.25) is 0 Å². The first kappa shape index (κ1) is 26.9. The van der Waals surface area contributed by atoms with Crippen LogP contribution in [0, 0.1) is 5.82 Å². The van der Waals surface area contributed by atoms with Crippen molar-refractivity contribution in [3.05, 3.63) is 83.7 Å². The van der Waals surface area contributed by atoms with Crippen molar-refractivity contribution in [2.24, 2.45) is 0 Å². The third-order valence-corrected chi connectivity index (χ3v) is 7.65. The van der Waals surface area contributed by atoms with Gasteiger partial charge in [-0.2, -0.15) is 0 Å². The number of nitrogens with zero attached hydrogens (tertiary/aromatic N) is 2. The molecule has 0 aromatic heterocycles. The fraction of sp³-hybridized carbons (Fsp3) is 0.259. The van der Waals surface area contributed by atoms with E-state index in [-0.39, 0.29) is 30.3 Å². The van der Waals surface area contributed by atoms with Gasteiger partial charge in [0, 0.05) is 49.4 Å². The number of amides is 2. The molecule has 200 valence electrons. The maximum Gasteiger partial charge on any atom is 0.249 e. The van der Waals surface area contributed by atoms with Gasteiger partial charge in [-0.1, -0.05) is 36.4 Å². The third kappa shape index (κ3) is 6.05. The number of hydrogen-bond acceptors (Lipinski definition) is 7. The predicted octanol–water partition coefficient (Wildman–Crippen LogP) is 2.14. The van der Waals surface area contributed by atoms with Gasteiger partial charge >= 0.3 is 0 Å². The first-order valence-corrected chi connectivity index (χ1v) is 13.9. The van der Waals surface area contributed by atoms with Crippen LogP contribution in [0.3, 0.4) is 0 Å². The molecule has 5 N–H and O–H groups in total. The molecule has 4 rings (SSSR count). The quantitative estimate of drug-likeness (QED) is 0.391. The molecular weight excluding hydrogens is 509 g/mol. The second kappa shape index (κ2) is 11.1. The smallest absolute Gasteiger partial charge is 0.249 e. The average molecular weight is 540 g/mol. The zero-order valence-corrected chi connectivity index (χ0v) is 21.7. The fourth-order valence-electron chi connectivity index (χ4n) is 4.53. The molecule has 1 unspecified atom stereocenters. The Bertz CT molecular complexity index is 1420. The summed E-state index contributed by atoms with van der Waals surface area (Å²) in [4.78, 5) is 30.0. The van der Waals surface area contributed by atoms with Crippen LogP contribution in [-0.2, 0) is 25.8 Å². The number of nitrogen functional groups attached to an aromatic ring is 2. The predicted molar refractivity (Wildman–Crippen MR) is 145 cm³/mol. The number of carbonyl (C=O) groups is 2. The highest BCUT2D eigenvalue weighted by molar-refractivity contribution is 7.90. The van der Waals surface area contributed by atoms with Gasteiger partial charge in [0.05, 0.1) is 17.0 Å². The first-order chi connectivity index (χ1) is 18.0. The van der Waals surface area contributed by atoms with E-state index in [1.54, 1.807) is 47.4 Å². The minimum absolute atomic E-state index is 0.0816. The number of piperazine rings is 1. The van der Waals surface area contributed by atoms with E-state index in [2.05, 4.69) is 5.32 Å². The lowest BCUT2D eigenvalue weighted by Crippen LogP contribution is -2.52. The normalized spacial score (nSPS) is 14.7. The minimum atomic E-state index is -3.66. The van der Waals surface area contributed by atoms with Gasteiger partial charge < -0.3 is 26.6 Å². The number of rotatable bonds is 7. The van der Waals surface area contributed by atoms with Gasteiger partial charge in [0.1, 0.15) is 11.9 Å². The minimum Gasteiger partial charge on any atom is -0.398 e. The van der Waals surface area contributed by atoms with Crippen LogP contribution in [0.25, 0.3) is 0 Å². The average Bonchev–Trinajstić information content (AvgIpc) is 2.89. The van der Waals surface area contributed by atoms with Crippen LogP contribution in [0.5, 0.6) is 0 Å². The molecule has 1 heterocycles. The van der Waals surface area contributed by atoms with E-state index in [1.165, 1.54) is 12.1 Å². The Hall–Kier alpha value is -4.12. The lowest BCUT2D eigenvalue weighted by molar-refractivity contribution is -0.136. The monoisotopic (exact) mass is 539 g/mol. The lowest BCUT2D eigenvalue weighted by atomic mass is 10.0. The van der Waals surface area contributed by atoms with Gasteiger partial charge in [0.2, 0.25) is 11.8 Å². The van der Waals surface area contributed by atoms with Gasteiger partial charge in [0.25, 0.3) is 0 Å². The second-order valence-electron chi connectivity index (χ2n) is 9.20. The zero-order valence-electron chi connectivity index (χ0n) is 20.9. The molecule has 1 fully saturated rings. The molecule has 11 heteroatoms. The van der Waals surface area contributed by atoms with E-state index in [1.807, 2.05) is 11.0 Å². The summed E-state index contributed by atoms with van der Waals surface area (Å²) < 4.78 is 38.2. The number of halogens is 1. The molecule has 1 atom stereocenters. The molecule has 2 amide bonds. The Morgan fingerprint density at radius 1 is 0.947 bits per heavy atom. The van der Waals surface area contributed by atoms with Crippen LogP contribution < -0.4 is 21.7 Å². The van der Waals surface area contributed by atoms with E-state index in [0.29, 0.717) is 41.3 Å². The maximum atomic E-state index is 13.8. The number of nitrogens with one attached hydrogen (secondary N) is 1. The van der Waals surface area contributed by atoms with E-state index >= 15 is 0 Å². The van der Waals surface area contributed by atoms with Crippen molar-refractivity contribution in [3.63, 3.8) is 0 Å². The van der Waals surface area contributed by atoms with Crippen molar-refractivity contribution >= 4 is 38.7 Å². The van der Waals surface area contributed by atoms with Crippen LogP contribution in [0.4, 0.5) is 21.5 Å². The number of carbonyl (C=O) groups excluding carboxylic acids is 2. The van der Waals surface area contributed by atoms with Crippen molar-refractivity contribution in [1.82, 2.24) is 10.2 Å². The van der Waals surface area contributed by atoms with Crippen LogP contribution in [-0.4, -0.2) is 57.6 Å². The Labute approximate surface area is 221 Å². The van der Waals surface area contributed by atoms with Gasteiger partial charge in [-0.05, 0) is 35.9 Å². The topological polar surface area (TPSA) is 139 Å². The molecule has 3 aromatic carbocycles. The highest BCUT2D eigenvalue weighted by Gasteiger charge is 2.31. The highest BCUT2D eigenvalue weighted by atomic mass is 32.2. The molecule has 0 bridgehead atoms. The molecule has 1 saturated heterocycles. The Morgan fingerprint density at radius 3 is 2.18 bits per heavy atom. The summed E-state index contributed by atoms with van der Waals surface area (Å²) in [5.74, 6) is -1.33. The van der Waals surface area contributed by atoms with Gasteiger partial charge in [-0.25, -0.2) is 12.8 Å². The van der Waals surface area contributed by atoms with Crippen LogP contribution in [0.15, 0.2) is 71.6 Å². The molecule has 3 aromatic rings. The summed E-state index contributed by atoms with van der Waals surface area (Å²) in [6.45, 7) is 1.26. The van der Waals surface area contributed by atoms with E-state index < -0.39 is 27.6 Å². The molecule has 38 heavy (non-hydrogen) atoms. The highest BCUT2D eigenvalue weighted by Crippen LogP contribution is 2.28. The molecule has 9 nitrogen and oxygen atoms in total. The van der Waals surface area contributed by atoms with Gasteiger partial charge in [-0.15, -0.1) is 0 Å². The summed E-state index contributed by atoms with van der Waals surface area (Å²) in [6.07, 6.45) is 0.955. The molecule has 0 aliphatic carbocycles. The largest absolute Gasteiger partial charge is 0.398 e. The summed E-state index contributed by atoms with van der Waals surface area (Å²) in [5.41, 5.74) is 14.3. The number of sulfone groups is 1. The van der Waals surface area contributed by atoms with Crippen molar-refractivity contribution < 1.29 is 22.4 Å². The van der Waals surface area contributed by atoms with E-state index in [4.69, 9.17) is 11.5 Å². The van der Waals surface area contributed by atoms with Crippen molar-refractivity contribution in [2.75, 3.05) is 48.8 Å². The molecular formula is C27H30FN5O4S. The summed E-state index contributed by atoms with van der Waals surface area (Å²) >= 11 is 0. The number of anilines is 3. The molecule has 0 saturated carbocycles. The number of nitrogens with two attached hydrogens (primary N) is 2. The first-order valence-electron chi connectivity index (χ1n) is 12.0. The fourth-order valence-corrected chi connectivity index (χ4v) is 5.43. The molecule has 1 aliphatic rings. The van der Waals surface area contributed by atoms with Crippen LogP contribution in [0.1, 0.15) is 17.2 Å². The number of benzene rings is 3. The lowest BCUT2D eigenvalue weighted by Gasteiger charge is -2.38. The Balaban J connectivity index is 1.50. The zero-order chi connectivity index (χ0) is 27.4. The SMILES string of the molecule is CS(=O)(=O)c1cc(F)ccc1N1CCN(C(=O)C(NC(=O)Cc2c(N)cccc2N)c2ccccc2)CC1. The third-order valence-electron chi connectivity index (χ3n) is 6.52. The molecule has 0 spiro atoms. The van der Waals surface area contributed by atoms with Crippen molar-refractivity contribution in [2.45, 2.75) is 17.4 Å². The van der Waals surface area contributed by atoms with Gasteiger partial charge in [-0.3, -0.25) is 9.59 Å². The summed E-state index contributed by atoms with van der Waals surface area (Å²) in [5, 5.41) is 2.84. The van der Waals surface area contributed by atoms with Crippen molar-refractivity contribution in [3.8, 4) is 0 Å². The standard InChI is InChI=1S/C27H30FN5O4S/c1-38(36,37)24-16-19(28)10-11-23(24)32-12-14-33(15-13-32)27(35)26(18-6-3-2-4-7-18)31-25(34)17-20-21(29)8-5-9-22(20)30/h2-11,16,26H,12-15,17,29-30H2,1H3,(H,31,34). The summed E-state index contributed by atoms with van der Waals surface area (Å²) in [6, 6.07) is 16.7. The summed E-state index contributed by atoms with van der Waals surface area (Å²) in [7, 11) is -3.66.